The van der Waals surface area contributed by atoms with Crippen molar-refractivity contribution in [1.29, 1.82) is 0 Å². The predicted octanol–water partition coefficient (Wildman–Crippen LogP) is 3.42. The summed E-state index contributed by atoms with van der Waals surface area (Å²) in [6.07, 6.45) is 4.58. The standard InChI is InChI=1S/C20H23N3O2/c21-19(25)23-17-10-8-15(9-11-17)18(24)22-14-20(12-4-5-13-20)16-6-2-1-3-7-16/h1-3,6-11H,4-5,12-14H2,(H,22,24)(H3,21,23,25). The van der Waals surface area contributed by atoms with Crippen molar-refractivity contribution in [3.05, 3.63) is 65.7 Å². The molecule has 0 radical (unpaired) electrons. The Morgan fingerprint density at radius 1 is 0.960 bits per heavy atom. The summed E-state index contributed by atoms with van der Waals surface area (Å²) in [5.41, 5.74) is 7.55. The number of primary amides is 1. The Hall–Kier alpha value is -2.82. The van der Waals surface area contributed by atoms with Crippen molar-refractivity contribution in [3.8, 4) is 0 Å². The smallest absolute Gasteiger partial charge is 0.316 e. The van der Waals surface area contributed by atoms with Crippen molar-refractivity contribution in [2.45, 2.75) is 31.1 Å². The van der Waals surface area contributed by atoms with E-state index in [-0.39, 0.29) is 11.3 Å². The number of carbonyl (C=O) groups excluding carboxylic acids is 2. The number of nitrogens with two attached hydrogens (primary N) is 1. The van der Waals surface area contributed by atoms with Gasteiger partial charge in [-0.05, 0) is 42.7 Å². The second kappa shape index (κ2) is 7.38. The van der Waals surface area contributed by atoms with Crippen LogP contribution in [0, 0.1) is 0 Å². The van der Waals surface area contributed by atoms with Crippen LogP contribution in [0.5, 0.6) is 0 Å². The van der Waals surface area contributed by atoms with Gasteiger partial charge in [0.05, 0.1) is 0 Å². The average Bonchev–Trinajstić information content (AvgIpc) is 3.11. The molecule has 3 rings (SSSR count). The van der Waals surface area contributed by atoms with Crippen LogP contribution in [-0.4, -0.2) is 18.5 Å². The molecular formula is C20H23N3O2. The molecule has 25 heavy (non-hydrogen) atoms. The highest BCUT2D eigenvalue weighted by atomic mass is 16.2. The van der Waals surface area contributed by atoms with Gasteiger partial charge in [0, 0.05) is 23.2 Å². The summed E-state index contributed by atoms with van der Waals surface area (Å²) in [7, 11) is 0. The van der Waals surface area contributed by atoms with Gasteiger partial charge in [0.25, 0.3) is 5.91 Å². The van der Waals surface area contributed by atoms with Gasteiger partial charge in [0.2, 0.25) is 0 Å². The number of hydrogen-bond acceptors (Lipinski definition) is 2. The van der Waals surface area contributed by atoms with Gasteiger partial charge in [-0.3, -0.25) is 4.79 Å². The highest BCUT2D eigenvalue weighted by Gasteiger charge is 2.35. The van der Waals surface area contributed by atoms with Crippen LogP contribution >= 0.6 is 0 Å². The average molecular weight is 337 g/mol. The number of anilines is 1. The van der Waals surface area contributed by atoms with Crippen LogP contribution in [0.1, 0.15) is 41.6 Å². The van der Waals surface area contributed by atoms with E-state index in [0.717, 1.165) is 12.8 Å². The molecule has 0 aromatic heterocycles. The number of carbonyl (C=O) groups is 2. The number of hydrogen-bond donors (Lipinski definition) is 3. The highest BCUT2D eigenvalue weighted by molar-refractivity contribution is 5.95. The zero-order valence-corrected chi connectivity index (χ0v) is 14.1. The van der Waals surface area contributed by atoms with Crippen molar-refractivity contribution in [2.24, 2.45) is 5.73 Å². The number of rotatable bonds is 5. The minimum absolute atomic E-state index is 0.0321. The third-order valence-electron chi connectivity index (χ3n) is 4.95. The molecule has 0 saturated heterocycles. The van der Waals surface area contributed by atoms with E-state index < -0.39 is 6.03 Å². The van der Waals surface area contributed by atoms with Gasteiger partial charge in [-0.25, -0.2) is 4.79 Å². The summed E-state index contributed by atoms with van der Waals surface area (Å²) in [5.74, 6) is -0.104. The largest absolute Gasteiger partial charge is 0.351 e. The van der Waals surface area contributed by atoms with Crippen molar-refractivity contribution >= 4 is 17.6 Å². The lowest BCUT2D eigenvalue weighted by Crippen LogP contribution is -2.39. The van der Waals surface area contributed by atoms with Crippen LogP contribution in [0.25, 0.3) is 0 Å². The third-order valence-corrected chi connectivity index (χ3v) is 4.95. The third kappa shape index (κ3) is 3.99. The van der Waals surface area contributed by atoms with Gasteiger partial charge in [0.1, 0.15) is 0 Å². The Labute approximate surface area is 147 Å². The van der Waals surface area contributed by atoms with Crippen LogP contribution in [0.3, 0.4) is 0 Å². The maximum absolute atomic E-state index is 12.5. The quantitative estimate of drug-likeness (QED) is 0.781. The van der Waals surface area contributed by atoms with E-state index in [1.807, 2.05) is 6.07 Å². The zero-order valence-electron chi connectivity index (χ0n) is 14.1. The second-order valence-electron chi connectivity index (χ2n) is 6.60. The molecule has 1 fully saturated rings. The molecule has 0 spiro atoms. The van der Waals surface area contributed by atoms with Gasteiger partial charge in [-0.2, -0.15) is 0 Å². The Morgan fingerprint density at radius 2 is 1.60 bits per heavy atom. The molecular weight excluding hydrogens is 314 g/mol. The molecule has 0 bridgehead atoms. The monoisotopic (exact) mass is 337 g/mol. The van der Waals surface area contributed by atoms with Crippen molar-refractivity contribution < 1.29 is 9.59 Å². The van der Waals surface area contributed by atoms with Gasteiger partial charge < -0.3 is 16.4 Å². The summed E-state index contributed by atoms with van der Waals surface area (Å²) < 4.78 is 0. The van der Waals surface area contributed by atoms with E-state index in [1.54, 1.807) is 24.3 Å². The lowest BCUT2D eigenvalue weighted by atomic mass is 9.79. The molecule has 2 aromatic carbocycles. The molecule has 0 aliphatic heterocycles. The van der Waals surface area contributed by atoms with E-state index in [1.165, 1.54) is 18.4 Å². The summed E-state index contributed by atoms with van der Waals surface area (Å²) in [4.78, 5) is 23.3. The Bertz CT molecular complexity index is 735. The van der Waals surface area contributed by atoms with Gasteiger partial charge in [-0.1, -0.05) is 43.2 Å². The van der Waals surface area contributed by atoms with Gasteiger partial charge in [-0.15, -0.1) is 0 Å². The summed E-state index contributed by atoms with van der Waals surface area (Å²) in [5, 5.41) is 5.57. The Morgan fingerprint density at radius 3 is 2.20 bits per heavy atom. The van der Waals surface area contributed by atoms with Crippen molar-refractivity contribution in [3.63, 3.8) is 0 Å². The molecule has 1 saturated carbocycles. The molecule has 5 nitrogen and oxygen atoms in total. The molecule has 0 atom stereocenters. The molecule has 5 heteroatoms. The molecule has 4 N–H and O–H groups in total. The molecule has 3 amide bonds. The van der Waals surface area contributed by atoms with Crippen molar-refractivity contribution in [1.82, 2.24) is 5.32 Å². The lowest BCUT2D eigenvalue weighted by molar-refractivity contribution is 0.0943. The normalized spacial score (nSPS) is 15.5. The van der Waals surface area contributed by atoms with Crippen LogP contribution in [0.4, 0.5) is 10.5 Å². The topological polar surface area (TPSA) is 84.2 Å². The molecule has 130 valence electrons. The first-order valence-corrected chi connectivity index (χ1v) is 8.59. The first-order chi connectivity index (χ1) is 12.1. The SMILES string of the molecule is NC(=O)Nc1ccc(C(=O)NCC2(c3ccccc3)CCCC2)cc1. The molecule has 2 aromatic rings. The van der Waals surface area contributed by atoms with Crippen LogP contribution in [-0.2, 0) is 5.41 Å². The first kappa shape index (κ1) is 17.0. The number of amides is 3. The van der Waals surface area contributed by atoms with Crippen LogP contribution in [0.2, 0.25) is 0 Å². The van der Waals surface area contributed by atoms with E-state index in [0.29, 0.717) is 17.8 Å². The Kier molecular flexibility index (Phi) is 5.03. The minimum Gasteiger partial charge on any atom is -0.351 e. The fourth-order valence-electron chi connectivity index (χ4n) is 3.61. The van der Waals surface area contributed by atoms with Gasteiger partial charge >= 0.3 is 6.03 Å². The first-order valence-electron chi connectivity index (χ1n) is 8.59. The number of nitrogens with one attached hydrogen (secondary N) is 2. The summed E-state index contributed by atoms with van der Waals surface area (Å²) in [6.45, 7) is 0.636. The highest BCUT2D eigenvalue weighted by Crippen LogP contribution is 2.40. The van der Waals surface area contributed by atoms with Gasteiger partial charge in [0.15, 0.2) is 0 Å². The maximum Gasteiger partial charge on any atom is 0.316 e. The molecule has 1 aliphatic rings. The van der Waals surface area contributed by atoms with Crippen LogP contribution < -0.4 is 16.4 Å². The zero-order chi connectivity index (χ0) is 17.7. The fraction of sp³-hybridized carbons (Fsp3) is 0.300. The minimum atomic E-state index is -0.622. The van der Waals surface area contributed by atoms with Crippen LogP contribution in [0.15, 0.2) is 54.6 Å². The molecule has 0 unspecified atom stereocenters. The fourth-order valence-corrected chi connectivity index (χ4v) is 3.61. The number of urea groups is 1. The number of benzene rings is 2. The Balaban J connectivity index is 1.67. The summed E-state index contributed by atoms with van der Waals surface area (Å²) >= 11 is 0. The lowest BCUT2D eigenvalue weighted by Gasteiger charge is -2.30. The van der Waals surface area contributed by atoms with E-state index in [4.69, 9.17) is 5.73 Å². The molecule has 0 heterocycles. The summed E-state index contributed by atoms with van der Waals surface area (Å²) in [6, 6.07) is 16.5. The van der Waals surface area contributed by atoms with E-state index >= 15 is 0 Å². The van der Waals surface area contributed by atoms with Crippen molar-refractivity contribution in [2.75, 3.05) is 11.9 Å². The molecule has 1 aliphatic carbocycles. The predicted molar refractivity (Wildman–Crippen MR) is 98.6 cm³/mol. The maximum atomic E-state index is 12.5. The second-order valence-corrected chi connectivity index (χ2v) is 6.60. The van der Waals surface area contributed by atoms with E-state index in [2.05, 4.69) is 34.9 Å². The van der Waals surface area contributed by atoms with E-state index in [9.17, 15) is 9.59 Å².